The first-order valence-corrected chi connectivity index (χ1v) is 12.0. The number of carbonyl (C=O) groups excluding carboxylic acids is 1. The minimum atomic E-state index is -5.02. The van der Waals surface area contributed by atoms with E-state index >= 15 is 0 Å². The number of ether oxygens (including phenoxy) is 1. The largest absolute Gasteiger partial charge is 0.490 e. The summed E-state index contributed by atoms with van der Waals surface area (Å²) in [7, 11) is 2.16. The zero-order valence-electron chi connectivity index (χ0n) is 18.4. The molecule has 9 heteroatoms. The summed E-state index contributed by atoms with van der Waals surface area (Å²) < 4.78 is 42.4. The van der Waals surface area contributed by atoms with Gasteiger partial charge in [0.15, 0.2) is 0 Å². The number of alkyl halides is 3. The van der Waals surface area contributed by atoms with Gasteiger partial charge in [0.2, 0.25) is 0 Å². The van der Waals surface area contributed by atoms with Crippen LogP contribution in [-0.2, 0) is 9.53 Å². The maximum atomic E-state index is 12.6. The molecule has 0 amide bonds. The van der Waals surface area contributed by atoms with Crippen LogP contribution < -0.4 is 0 Å². The highest BCUT2D eigenvalue weighted by atomic mass is 35.5. The van der Waals surface area contributed by atoms with Crippen LogP contribution in [0.25, 0.3) is 5.57 Å². The summed E-state index contributed by atoms with van der Waals surface area (Å²) in [5, 5.41) is 0.589. The maximum Gasteiger partial charge on any atom is 0.490 e. The standard InChI is InChI=1S/C23H28ClF3N2O2S/c1-22(2)14-28-12-17(18(22)13-31-21(30)23(25,26)27)15-6-7-20(19(24)11-15)32-10-8-16-5-4-9-29(16)3/h6-7,11-12,14,16,18H,4-5,8-10,13H2,1-3H3. The number of likely N-dealkylation sites (tertiary alicyclic amines) is 1. The molecule has 0 radical (unpaired) electrons. The Kier molecular flexibility index (Phi) is 7.99. The highest BCUT2D eigenvalue weighted by Crippen LogP contribution is 2.41. The molecule has 1 saturated heterocycles. The lowest BCUT2D eigenvalue weighted by molar-refractivity contribution is -0.200. The fourth-order valence-corrected chi connectivity index (χ4v) is 5.47. The molecular weight excluding hydrogens is 461 g/mol. The molecule has 1 aromatic rings. The van der Waals surface area contributed by atoms with Crippen LogP contribution in [0.1, 0.15) is 38.7 Å². The average Bonchev–Trinajstić information content (AvgIpc) is 3.11. The number of rotatable bonds is 7. The molecule has 0 saturated carbocycles. The van der Waals surface area contributed by atoms with E-state index in [1.807, 2.05) is 32.0 Å². The molecule has 2 heterocycles. The molecule has 1 fully saturated rings. The first-order chi connectivity index (χ1) is 15.0. The van der Waals surface area contributed by atoms with Crippen molar-refractivity contribution in [1.29, 1.82) is 0 Å². The van der Waals surface area contributed by atoms with Crippen molar-refractivity contribution in [1.82, 2.24) is 4.90 Å². The lowest BCUT2D eigenvalue weighted by atomic mass is 9.73. The average molecular weight is 489 g/mol. The van der Waals surface area contributed by atoms with Gasteiger partial charge in [-0.2, -0.15) is 13.2 Å². The summed E-state index contributed by atoms with van der Waals surface area (Å²) in [6.07, 6.45) is 1.82. The van der Waals surface area contributed by atoms with Crippen molar-refractivity contribution < 1.29 is 22.7 Å². The van der Waals surface area contributed by atoms with Crippen molar-refractivity contribution in [3.05, 3.63) is 35.0 Å². The first kappa shape index (κ1) is 25.1. The van der Waals surface area contributed by atoms with Gasteiger partial charge in [-0.3, -0.25) is 4.99 Å². The molecule has 4 nitrogen and oxygen atoms in total. The second-order valence-electron chi connectivity index (χ2n) is 8.89. The molecule has 0 bridgehead atoms. The number of esters is 1. The zero-order chi connectivity index (χ0) is 23.5. The van der Waals surface area contributed by atoms with Crippen molar-refractivity contribution in [2.75, 3.05) is 26.0 Å². The highest BCUT2D eigenvalue weighted by molar-refractivity contribution is 7.99. The molecule has 0 N–H and O–H groups in total. The Bertz CT molecular complexity index is 902. The molecule has 0 spiro atoms. The molecule has 2 aliphatic heterocycles. The van der Waals surface area contributed by atoms with Gasteiger partial charge in [0.1, 0.15) is 0 Å². The molecule has 32 heavy (non-hydrogen) atoms. The predicted octanol–water partition coefficient (Wildman–Crippen LogP) is 6.09. The summed E-state index contributed by atoms with van der Waals surface area (Å²) in [5.74, 6) is -1.71. The van der Waals surface area contributed by atoms with Gasteiger partial charge < -0.3 is 9.64 Å². The first-order valence-electron chi connectivity index (χ1n) is 10.6. The molecular formula is C23H28ClF3N2O2S. The fourth-order valence-electron chi connectivity index (χ4n) is 4.16. The van der Waals surface area contributed by atoms with Crippen molar-refractivity contribution in [2.45, 2.75) is 50.2 Å². The molecule has 3 rings (SSSR count). The Hall–Kier alpha value is -1.51. The van der Waals surface area contributed by atoms with Gasteiger partial charge in [-0.05, 0) is 61.9 Å². The van der Waals surface area contributed by atoms with E-state index in [4.69, 9.17) is 11.6 Å². The fraction of sp³-hybridized carbons (Fsp3) is 0.565. The molecule has 2 atom stereocenters. The van der Waals surface area contributed by atoms with Crippen LogP contribution in [0, 0.1) is 11.3 Å². The van der Waals surface area contributed by atoms with Gasteiger partial charge in [-0.15, -0.1) is 11.8 Å². The topological polar surface area (TPSA) is 41.9 Å². The minimum Gasteiger partial charge on any atom is -0.458 e. The number of hydrogen-bond acceptors (Lipinski definition) is 5. The maximum absolute atomic E-state index is 12.6. The van der Waals surface area contributed by atoms with E-state index in [0.717, 1.165) is 29.2 Å². The van der Waals surface area contributed by atoms with E-state index in [0.29, 0.717) is 16.6 Å². The van der Waals surface area contributed by atoms with Crippen molar-refractivity contribution >= 4 is 41.1 Å². The van der Waals surface area contributed by atoms with E-state index < -0.39 is 30.1 Å². The molecule has 2 unspecified atom stereocenters. The Morgan fingerprint density at radius 2 is 2.12 bits per heavy atom. The lowest BCUT2D eigenvalue weighted by Gasteiger charge is -2.35. The SMILES string of the molecule is CN1CCCC1CCSc1ccc(C2=CN=CC(C)(C)C2COC(=O)C(F)(F)F)cc1Cl. The van der Waals surface area contributed by atoms with Gasteiger partial charge in [-0.1, -0.05) is 31.5 Å². The summed E-state index contributed by atoms with van der Waals surface area (Å²) in [4.78, 5) is 18.9. The van der Waals surface area contributed by atoms with Gasteiger partial charge in [0, 0.05) is 34.7 Å². The van der Waals surface area contributed by atoms with Crippen molar-refractivity contribution in [3.63, 3.8) is 0 Å². The van der Waals surface area contributed by atoms with E-state index in [-0.39, 0.29) is 0 Å². The second-order valence-corrected chi connectivity index (χ2v) is 10.4. The van der Waals surface area contributed by atoms with Crippen molar-refractivity contribution in [2.24, 2.45) is 16.3 Å². The third-order valence-electron chi connectivity index (χ3n) is 6.15. The number of thioether (sulfide) groups is 1. The van der Waals surface area contributed by atoms with E-state index in [1.165, 1.54) is 12.8 Å². The molecule has 0 aliphatic carbocycles. The number of hydrogen-bond donors (Lipinski definition) is 0. The summed E-state index contributed by atoms with van der Waals surface area (Å²) in [6.45, 7) is 4.45. The normalized spacial score (nSPS) is 23.3. The summed E-state index contributed by atoms with van der Waals surface area (Å²) >= 11 is 8.25. The highest BCUT2D eigenvalue weighted by Gasteiger charge is 2.43. The summed E-state index contributed by atoms with van der Waals surface area (Å²) in [5.41, 5.74) is 0.856. The second kappa shape index (κ2) is 10.2. The van der Waals surface area contributed by atoms with Crippen LogP contribution in [0.2, 0.25) is 5.02 Å². The Morgan fingerprint density at radius 1 is 1.38 bits per heavy atom. The van der Waals surface area contributed by atoms with E-state index in [2.05, 4.69) is 21.7 Å². The number of nitrogens with zero attached hydrogens (tertiary/aromatic N) is 2. The lowest BCUT2D eigenvalue weighted by Crippen LogP contribution is -2.35. The van der Waals surface area contributed by atoms with Crippen molar-refractivity contribution in [3.8, 4) is 0 Å². The molecule has 2 aliphatic rings. The predicted molar refractivity (Wildman–Crippen MR) is 123 cm³/mol. The Morgan fingerprint density at radius 3 is 2.75 bits per heavy atom. The van der Waals surface area contributed by atoms with E-state index in [1.54, 1.807) is 24.2 Å². The quantitative estimate of drug-likeness (QED) is 0.344. The van der Waals surface area contributed by atoms with Crippen LogP contribution in [0.5, 0.6) is 0 Å². The van der Waals surface area contributed by atoms with E-state index in [9.17, 15) is 18.0 Å². The van der Waals surface area contributed by atoms with Crippen LogP contribution >= 0.6 is 23.4 Å². The van der Waals surface area contributed by atoms with Gasteiger partial charge in [-0.25, -0.2) is 4.79 Å². The number of aliphatic imine (C=N–C) groups is 1. The Balaban J connectivity index is 1.70. The van der Waals surface area contributed by atoms with Gasteiger partial charge in [0.25, 0.3) is 0 Å². The third kappa shape index (κ3) is 6.08. The smallest absolute Gasteiger partial charge is 0.458 e. The summed E-state index contributed by atoms with van der Waals surface area (Å²) in [6, 6.07) is 6.27. The molecule has 1 aromatic carbocycles. The number of carbonyl (C=O) groups is 1. The van der Waals surface area contributed by atoms with Gasteiger partial charge in [0.05, 0.1) is 11.6 Å². The van der Waals surface area contributed by atoms with Gasteiger partial charge >= 0.3 is 12.1 Å². The molecule has 176 valence electrons. The van der Waals surface area contributed by atoms with Crippen LogP contribution in [0.4, 0.5) is 13.2 Å². The molecule has 0 aromatic heterocycles. The van der Waals surface area contributed by atoms with Crippen LogP contribution in [-0.4, -0.2) is 55.3 Å². The Labute approximate surface area is 196 Å². The number of benzene rings is 1. The number of halogens is 4. The van der Waals surface area contributed by atoms with Crippen LogP contribution in [0.3, 0.4) is 0 Å². The third-order valence-corrected chi connectivity index (χ3v) is 7.68. The zero-order valence-corrected chi connectivity index (χ0v) is 20.0. The minimum absolute atomic E-state index is 0.397. The monoisotopic (exact) mass is 488 g/mol. The van der Waals surface area contributed by atoms with Crippen LogP contribution in [0.15, 0.2) is 34.3 Å².